The maximum absolute atomic E-state index is 14.0. The number of hydrogen-bond acceptors (Lipinski definition) is 5. The highest BCUT2D eigenvalue weighted by Gasteiger charge is 2.34. The molecule has 2 rings (SSSR count). The van der Waals surface area contributed by atoms with Crippen molar-refractivity contribution < 1.29 is 31.9 Å². The number of aromatic nitrogens is 2. The molecule has 7 nitrogen and oxygen atoms in total. The van der Waals surface area contributed by atoms with Crippen LogP contribution >= 0.6 is 0 Å². The van der Waals surface area contributed by atoms with Crippen LogP contribution in [0, 0.1) is 5.82 Å². The van der Waals surface area contributed by atoms with Crippen LogP contribution in [-0.2, 0) is 6.18 Å². The van der Waals surface area contributed by atoms with Crippen molar-refractivity contribution in [3.63, 3.8) is 0 Å². The summed E-state index contributed by atoms with van der Waals surface area (Å²) in [5, 5.41) is 3.91. The first kappa shape index (κ1) is 18.1. The van der Waals surface area contributed by atoms with Gasteiger partial charge in [-0.05, 0) is 12.1 Å². The Balaban J connectivity index is 2.22. The number of benzene rings is 1. The normalized spacial score (nSPS) is 10.9. The van der Waals surface area contributed by atoms with Crippen molar-refractivity contribution in [2.75, 3.05) is 12.4 Å². The molecule has 0 unspecified atom stereocenters. The Morgan fingerprint density at radius 1 is 1.20 bits per heavy atom. The van der Waals surface area contributed by atoms with E-state index in [4.69, 9.17) is 0 Å². The molecule has 0 saturated carbocycles. The molecule has 1 heterocycles. The van der Waals surface area contributed by atoms with E-state index < -0.39 is 40.8 Å². The van der Waals surface area contributed by atoms with E-state index >= 15 is 0 Å². The number of methoxy groups -OCH3 is 1. The fourth-order valence-corrected chi connectivity index (χ4v) is 1.80. The summed E-state index contributed by atoms with van der Waals surface area (Å²) in [7, 11) is 0.964. The molecule has 1 aromatic heterocycles. The highest BCUT2D eigenvalue weighted by molar-refractivity contribution is 6.09. The Labute approximate surface area is 138 Å². The van der Waals surface area contributed by atoms with Crippen molar-refractivity contribution in [2.24, 2.45) is 0 Å². The minimum absolute atomic E-state index is 0.00709. The summed E-state index contributed by atoms with van der Waals surface area (Å²) in [6.07, 6.45) is -1.03. The van der Waals surface area contributed by atoms with Gasteiger partial charge in [0, 0.05) is 12.4 Å². The minimum atomic E-state index is -4.83. The van der Waals surface area contributed by atoms with Gasteiger partial charge >= 0.3 is 12.2 Å². The summed E-state index contributed by atoms with van der Waals surface area (Å²) in [6, 6.07) is -0.483. The van der Waals surface area contributed by atoms with Gasteiger partial charge in [-0.15, -0.1) is 0 Å². The molecular weight excluding hydrogens is 348 g/mol. The quantitative estimate of drug-likeness (QED) is 0.823. The number of carbonyl (C=O) groups is 2. The van der Waals surface area contributed by atoms with Gasteiger partial charge in [-0.3, -0.25) is 20.4 Å². The lowest BCUT2D eigenvalue weighted by Crippen LogP contribution is -2.35. The van der Waals surface area contributed by atoms with Crippen molar-refractivity contribution in [1.29, 1.82) is 0 Å². The van der Waals surface area contributed by atoms with Crippen molar-refractivity contribution >= 4 is 17.8 Å². The summed E-state index contributed by atoms with van der Waals surface area (Å²) in [5.41, 5.74) is -2.17. The molecule has 0 saturated heterocycles. The standard InChI is InChI=1S/C14H10F4N4O3/c1-25-9-5-7(14(16,17)18)4-8(15)11(9)12(23)22-13(24)21-10-6-19-2-3-20-10/h2-6H,1H3,(H2,20,21,22,23,24). The van der Waals surface area contributed by atoms with Crippen LogP contribution in [0.1, 0.15) is 15.9 Å². The zero-order chi connectivity index (χ0) is 18.6. The molecule has 3 amide bonds. The zero-order valence-corrected chi connectivity index (χ0v) is 12.5. The molecular formula is C14H10F4N4O3. The molecule has 2 aromatic rings. The van der Waals surface area contributed by atoms with Crippen molar-refractivity contribution in [2.45, 2.75) is 6.18 Å². The average molecular weight is 358 g/mol. The smallest absolute Gasteiger partial charge is 0.416 e. The van der Waals surface area contributed by atoms with Gasteiger partial charge in [0.05, 0.1) is 18.9 Å². The number of anilines is 1. The zero-order valence-electron chi connectivity index (χ0n) is 12.5. The molecule has 0 aliphatic heterocycles. The Bertz CT molecular complexity index is 797. The lowest BCUT2D eigenvalue weighted by Gasteiger charge is -2.13. The first-order chi connectivity index (χ1) is 11.7. The van der Waals surface area contributed by atoms with Crippen molar-refractivity contribution in [3.05, 3.63) is 47.7 Å². The van der Waals surface area contributed by atoms with Gasteiger partial charge in [0.1, 0.15) is 17.1 Å². The molecule has 0 aliphatic rings. The predicted octanol–water partition coefficient (Wildman–Crippen LogP) is 2.60. The van der Waals surface area contributed by atoms with Gasteiger partial charge in [-0.1, -0.05) is 0 Å². The lowest BCUT2D eigenvalue weighted by atomic mass is 10.1. The molecule has 1 aromatic carbocycles. The second-order valence-electron chi connectivity index (χ2n) is 4.53. The number of ether oxygens (including phenoxy) is 1. The van der Waals surface area contributed by atoms with Crippen LogP contribution in [0.5, 0.6) is 5.75 Å². The number of hydrogen-bond donors (Lipinski definition) is 2. The van der Waals surface area contributed by atoms with Crippen LogP contribution in [0.3, 0.4) is 0 Å². The Hall–Kier alpha value is -3.24. The monoisotopic (exact) mass is 358 g/mol. The van der Waals surface area contributed by atoms with E-state index in [0.717, 1.165) is 7.11 Å². The summed E-state index contributed by atoms with van der Waals surface area (Å²) < 4.78 is 56.6. The SMILES string of the molecule is COc1cc(C(F)(F)F)cc(F)c1C(=O)NC(=O)Nc1cnccn1. The Morgan fingerprint density at radius 3 is 2.48 bits per heavy atom. The number of carbonyl (C=O) groups excluding carboxylic acids is 2. The van der Waals surface area contributed by atoms with Crippen LogP contribution in [0.2, 0.25) is 0 Å². The maximum atomic E-state index is 14.0. The van der Waals surface area contributed by atoms with Crippen molar-refractivity contribution in [3.8, 4) is 5.75 Å². The molecule has 25 heavy (non-hydrogen) atoms. The third-order valence-electron chi connectivity index (χ3n) is 2.86. The van der Waals surface area contributed by atoms with E-state index in [1.54, 1.807) is 5.32 Å². The number of amides is 3. The van der Waals surface area contributed by atoms with E-state index in [9.17, 15) is 27.2 Å². The van der Waals surface area contributed by atoms with Crippen LogP contribution < -0.4 is 15.4 Å². The molecule has 0 bridgehead atoms. The van der Waals surface area contributed by atoms with Crippen molar-refractivity contribution in [1.82, 2.24) is 15.3 Å². The second kappa shape index (κ2) is 7.11. The molecule has 11 heteroatoms. The number of urea groups is 1. The molecule has 0 fully saturated rings. The number of imide groups is 1. The molecule has 132 valence electrons. The van der Waals surface area contributed by atoms with E-state index in [2.05, 4.69) is 20.0 Å². The summed E-state index contributed by atoms with van der Waals surface area (Å²) >= 11 is 0. The molecule has 0 spiro atoms. The first-order valence-corrected chi connectivity index (χ1v) is 6.55. The van der Waals surface area contributed by atoms with Gasteiger partial charge in [0.25, 0.3) is 5.91 Å². The molecule has 0 radical (unpaired) electrons. The number of nitrogens with zero attached hydrogens (tertiary/aromatic N) is 2. The third kappa shape index (κ3) is 4.40. The number of rotatable bonds is 3. The van der Waals surface area contributed by atoms with E-state index in [-0.39, 0.29) is 11.9 Å². The third-order valence-corrected chi connectivity index (χ3v) is 2.86. The maximum Gasteiger partial charge on any atom is 0.416 e. The fraction of sp³-hybridized carbons (Fsp3) is 0.143. The Kier molecular flexibility index (Phi) is 5.15. The van der Waals surface area contributed by atoms with E-state index in [0.29, 0.717) is 6.07 Å². The molecule has 0 aliphatic carbocycles. The molecule has 2 N–H and O–H groups in total. The number of halogens is 4. The van der Waals surface area contributed by atoms with Crippen LogP contribution in [0.4, 0.5) is 28.2 Å². The largest absolute Gasteiger partial charge is 0.496 e. The highest BCUT2D eigenvalue weighted by Crippen LogP contribution is 2.34. The summed E-state index contributed by atoms with van der Waals surface area (Å²) in [4.78, 5) is 31.1. The van der Waals surface area contributed by atoms with Gasteiger partial charge in [0.2, 0.25) is 0 Å². The molecule has 0 atom stereocenters. The lowest BCUT2D eigenvalue weighted by molar-refractivity contribution is -0.137. The van der Waals surface area contributed by atoms with Crippen LogP contribution in [0.25, 0.3) is 0 Å². The van der Waals surface area contributed by atoms with Gasteiger partial charge in [-0.25, -0.2) is 14.2 Å². The van der Waals surface area contributed by atoms with E-state index in [1.165, 1.54) is 18.6 Å². The average Bonchev–Trinajstić information content (AvgIpc) is 2.53. The summed E-state index contributed by atoms with van der Waals surface area (Å²) in [6.45, 7) is 0. The van der Waals surface area contributed by atoms with Gasteiger partial charge in [0.15, 0.2) is 5.82 Å². The number of nitrogens with one attached hydrogen (secondary N) is 2. The van der Waals surface area contributed by atoms with E-state index in [1.807, 2.05) is 0 Å². The highest BCUT2D eigenvalue weighted by atomic mass is 19.4. The fourth-order valence-electron chi connectivity index (χ4n) is 1.80. The summed E-state index contributed by atoms with van der Waals surface area (Å²) in [5.74, 6) is -3.44. The van der Waals surface area contributed by atoms with Crippen LogP contribution in [-0.4, -0.2) is 29.0 Å². The number of alkyl halides is 3. The first-order valence-electron chi connectivity index (χ1n) is 6.55. The minimum Gasteiger partial charge on any atom is -0.496 e. The van der Waals surface area contributed by atoms with Gasteiger partial charge < -0.3 is 4.74 Å². The van der Waals surface area contributed by atoms with Crippen LogP contribution in [0.15, 0.2) is 30.7 Å². The Morgan fingerprint density at radius 2 is 1.92 bits per heavy atom. The second-order valence-corrected chi connectivity index (χ2v) is 4.53. The predicted molar refractivity (Wildman–Crippen MR) is 76.5 cm³/mol. The van der Waals surface area contributed by atoms with Gasteiger partial charge in [-0.2, -0.15) is 13.2 Å². The topological polar surface area (TPSA) is 93.2 Å².